The highest BCUT2D eigenvalue weighted by Gasteiger charge is 2.15. The number of hydrogen-bond donors (Lipinski definition) is 3. The Kier molecular flexibility index (Phi) is 5.65. The highest BCUT2D eigenvalue weighted by atomic mass is 127. The van der Waals surface area contributed by atoms with Gasteiger partial charge in [0, 0.05) is 20.7 Å². The SMILES string of the molecule is O=c1[nH]c2cnc(NC[C@@H]3CCCNC3)nc2n1Cc1c(Cl)cccc1I. The van der Waals surface area contributed by atoms with Gasteiger partial charge >= 0.3 is 5.69 Å². The lowest BCUT2D eigenvalue weighted by molar-refractivity contribution is 0.392. The lowest BCUT2D eigenvalue weighted by Crippen LogP contribution is -2.33. The first-order valence-corrected chi connectivity index (χ1v) is 10.4. The van der Waals surface area contributed by atoms with E-state index in [4.69, 9.17) is 11.6 Å². The summed E-state index contributed by atoms with van der Waals surface area (Å²) in [5.41, 5.74) is 1.88. The van der Waals surface area contributed by atoms with E-state index in [1.54, 1.807) is 10.8 Å². The van der Waals surface area contributed by atoms with Gasteiger partial charge in [-0.15, -0.1) is 0 Å². The van der Waals surface area contributed by atoms with Crippen molar-refractivity contribution in [3.8, 4) is 0 Å². The predicted octanol–water partition coefficient (Wildman–Crippen LogP) is 2.84. The molecule has 2 aromatic heterocycles. The Balaban J connectivity index is 1.61. The molecule has 4 rings (SSSR count). The van der Waals surface area contributed by atoms with Crippen molar-refractivity contribution in [2.24, 2.45) is 5.92 Å². The summed E-state index contributed by atoms with van der Waals surface area (Å²) >= 11 is 8.57. The van der Waals surface area contributed by atoms with Crippen molar-refractivity contribution < 1.29 is 0 Å². The van der Waals surface area contributed by atoms with Crippen LogP contribution in [-0.4, -0.2) is 39.2 Å². The Hall–Kier alpha value is -1.65. The number of rotatable bonds is 5. The number of nitrogens with zero attached hydrogens (tertiary/aromatic N) is 3. The van der Waals surface area contributed by atoms with Gasteiger partial charge in [0.25, 0.3) is 0 Å². The molecule has 1 aromatic carbocycles. The topological polar surface area (TPSA) is 87.6 Å². The number of imidazole rings is 1. The van der Waals surface area contributed by atoms with Gasteiger partial charge in [-0.2, -0.15) is 4.98 Å². The molecule has 0 radical (unpaired) electrons. The minimum atomic E-state index is -0.219. The van der Waals surface area contributed by atoms with Gasteiger partial charge in [0.15, 0.2) is 5.65 Å². The van der Waals surface area contributed by atoms with E-state index in [-0.39, 0.29) is 5.69 Å². The van der Waals surface area contributed by atoms with Crippen LogP contribution in [-0.2, 0) is 6.54 Å². The Morgan fingerprint density at radius 3 is 3.07 bits per heavy atom. The minimum absolute atomic E-state index is 0.219. The molecular weight excluding hydrogens is 479 g/mol. The van der Waals surface area contributed by atoms with Crippen LogP contribution in [0.4, 0.5) is 5.95 Å². The number of H-pyrrole nitrogens is 1. The third-order valence-electron chi connectivity index (χ3n) is 4.84. The van der Waals surface area contributed by atoms with Crippen molar-refractivity contribution in [3.05, 3.63) is 49.0 Å². The van der Waals surface area contributed by atoms with Gasteiger partial charge in [0.2, 0.25) is 5.95 Å². The average Bonchev–Trinajstić information content (AvgIpc) is 2.98. The number of nitrogens with one attached hydrogen (secondary N) is 3. The second-order valence-electron chi connectivity index (χ2n) is 6.74. The predicted molar refractivity (Wildman–Crippen MR) is 116 cm³/mol. The smallest absolute Gasteiger partial charge is 0.328 e. The van der Waals surface area contributed by atoms with E-state index in [1.165, 1.54) is 12.8 Å². The summed E-state index contributed by atoms with van der Waals surface area (Å²) in [4.78, 5) is 24.2. The molecule has 0 aliphatic carbocycles. The standard InChI is InChI=1S/C18H20ClIN6O/c19-13-4-1-5-14(20)12(13)10-26-16-15(24-18(26)27)9-23-17(25-16)22-8-11-3-2-6-21-7-11/h1,4-5,9,11,21H,2-3,6-8,10H2,(H,24,27)(H,22,23,25)/t11-/m1/s1. The van der Waals surface area contributed by atoms with Crippen molar-refractivity contribution in [1.82, 2.24) is 24.8 Å². The third-order valence-corrected chi connectivity index (χ3v) is 6.20. The first kappa shape index (κ1) is 18.7. The zero-order valence-electron chi connectivity index (χ0n) is 14.6. The molecule has 1 aliphatic rings. The molecule has 0 unspecified atom stereocenters. The fraction of sp³-hybridized carbons (Fsp3) is 0.389. The molecular formula is C18H20ClIN6O. The normalized spacial score (nSPS) is 17.3. The van der Waals surface area contributed by atoms with Gasteiger partial charge in [-0.25, -0.2) is 9.78 Å². The summed E-state index contributed by atoms with van der Waals surface area (Å²) < 4.78 is 2.62. The van der Waals surface area contributed by atoms with Crippen molar-refractivity contribution in [3.63, 3.8) is 0 Å². The summed E-state index contributed by atoms with van der Waals surface area (Å²) in [5, 5.41) is 7.36. The van der Waals surface area contributed by atoms with Gasteiger partial charge in [0.05, 0.1) is 12.7 Å². The Bertz CT molecular complexity index is 990. The van der Waals surface area contributed by atoms with Gasteiger partial charge in [-0.1, -0.05) is 17.7 Å². The molecule has 0 saturated carbocycles. The van der Waals surface area contributed by atoms with Gasteiger partial charge in [0.1, 0.15) is 5.52 Å². The monoisotopic (exact) mass is 498 g/mol. The van der Waals surface area contributed by atoms with Crippen LogP contribution in [0.1, 0.15) is 18.4 Å². The van der Waals surface area contributed by atoms with Gasteiger partial charge in [-0.05, 0) is 66.6 Å². The lowest BCUT2D eigenvalue weighted by atomic mass is 10.00. The summed E-state index contributed by atoms with van der Waals surface area (Å²) in [6.45, 7) is 3.28. The zero-order valence-corrected chi connectivity index (χ0v) is 17.5. The van der Waals surface area contributed by atoms with E-state index in [1.807, 2.05) is 18.2 Å². The fourth-order valence-corrected chi connectivity index (χ4v) is 4.42. The molecule has 3 aromatic rings. The lowest BCUT2D eigenvalue weighted by Gasteiger charge is -2.22. The van der Waals surface area contributed by atoms with Crippen LogP contribution in [0.25, 0.3) is 11.2 Å². The van der Waals surface area contributed by atoms with Crippen LogP contribution in [0.15, 0.2) is 29.2 Å². The number of halogens is 2. The molecule has 7 nitrogen and oxygen atoms in total. The van der Waals surface area contributed by atoms with Crippen molar-refractivity contribution in [2.45, 2.75) is 19.4 Å². The van der Waals surface area contributed by atoms with Crippen LogP contribution >= 0.6 is 34.2 Å². The molecule has 0 amide bonds. The first-order chi connectivity index (χ1) is 13.1. The van der Waals surface area contributed by atoms with E-state index in [9.17, 15) is 4.79 Å². The molecule has 1 atom stereocenters. The summed E-state index contributed by atoms with van der Waals surface area (Å²) in [7, 11) is 0. The molecule has 0 spiro atoms. The van der Waals surface area contributed by atoms with E-state index in [0.717, 1.165) is 28.8 Å². The third kappa shape index (κ3) is 4.12. The van der Waals surface area contributed by atoms with Crippen molar-refractivity contribution >= 4 is 51.3 Å². The van der Waals surface area contributed by atoms with Crippen molar-refractivity contribution in [2.75, 3.05) is 25.0 Å². The van der Waals surface area contributed by atoms with E-state index in [0.29, 0.717) is 34.6 Å². The van der Waals surface area contributed by atoms with Crippen LogP contribution in [0.3, 0.4) is 0 Å². The Morgan fingerprint density at radius 2 is 2.30 bits per heavy atom. The maximum Gasteiger partial charge on any atom is 0.328 e. The maximum absolute atomic E-state index is 12.4. The van der Waals surface area contributed by atoms with E-state index >= 15 is 0 Å². The summed E-state index contributed by atoms with van der Waals surface area (Å²) in [5.74, 6) is 1.10. The number of benzene rings is 1. The number of aromatic nitrogens is 4. The Morgan fingerprint density at radius 1 is 1.41 bits per heavy atom. The summed E-state index contributed by atoms with van der Waals surface area (Å²) in [6.07, 6.45) is 4.04. The molecule has 3 N–H and O–H groups in total. The highest BCUT2D eigenvalue weighted by molar-refractivity contribution is 14.1. The molecule has 142 valence electrons. The van der Waals surface area contributed by atoms with Crippen LogP contribution in [0, 0.1) is 9.49 Å². The molecule has 0 bridgehead atoms. The van der Waals surface area contributed by atoms with Crippen LogP contribution in [0.2, 0.25) is 5.02 Å². The van der Waals surface area contributed by atoms with Gasteiger partial charge in [-0.3, -0.25) is 4.57 Å². The van der Waals surface area contributed by atoms with Gasteiger partial charge < -0.3 is 15.6 Å². The largest absolute Gasteiger partial charge is 0.354 e. The number of piperidine rings is 1. The zero-order chi connectivity index (χ0) is 18.8. The van der Waals surface area contributed by atoms with Crippen molar-refractivity contribution in [1.29, 1.82) is 0 Å². The average molecular weight is 499 g/mol. The Labute approximate surface area is 175 Å². The number of hydrogen-bond acceptors (Lipinski definition) is 5. The van der Waals surface area contributed by atoms with Crippen LogP contribution in [0.5, 0.6) is 0 Å². The fourth-order valence-electron chi connectivity index (χ4n) is 3.35. The molecule has 9 heteroatoms. The highest BCUT2D eigenvalue weighted by Crippen LogP contribution is 2.23. The second kappa shape index (κ2) is 8.15. The number of fused-ring (bicyclic) bond motifs is 1. The molecule has 27 heavy (non-hydrogen) atoms. The first-order valence-electron chi connectivity index (χ1n) is 8.95. The summed E-state index contributed by atoms with van der Waals surface area (Å²) in [6, 6.07) is 5.71. The molecule has 1 fully saturated rings. The number of anilines is 1. The van der Waals surface area contributed by atoms with Crippen LogP contribution < -0.4 is 16.3 Å². The molecule has 1 aliphatic heterocycles. The number of aromatic amines is 1. The minimum Gasteiger partial charge on any atom is -0.354 e. The molecule has 3 heterocycles. The van der Waals surface area contributed by atoms with E-state index < -0.39 is 0 Å². The maximum atomic E-state index is 12.4. The van der Waals surface area contributed by atoms with E-state index in [2.05, 4.69) is 48.2 Å². The molecule has 1 saturated heterocycles. The second-order valence-corrected chi connectivity index (χ2v) is 8.31. The quantitative estimate of drug-likeness (QED) is 0.471.